The molecule has 2 heteroatoms. The van der Waals surface area contributed by atoms with Crippen molar-refractivity contribution in [2.24, 2.45) is 5.92 Å². The van der Waals surface area contributed by atoms with Crippen molar-refractivity contribution in [1.29, 1.82) is 0 Å². The van der Waals surface area contributed by atoms with Crippen LogP contribution in [0.5, 0.6) is 0 Å². The smallest absolute Gasteiger partial charge is 0.0771 e. The van der Waals surface area contributed by atoms with Gasteiger partial charge in [0.05, 0.1) is 5.60 Å². The Balaban J connectivity index is 2.30. The molecule has 1 fully saturated rings. The van der Waals surface area contributed by atoms with Gasteiger partial charge in [-0.2, -0.15) is 0 Å². The molecule has 54 valence electrons. The van der Waals surface area contributed by atoms with E-state index in [4.69, 9.17) is 0 Å². The number of likely N-dealkylation sites (N-methyl/N-ethyl adjacent to an activating group) is 1. The highest BCUT2D eigenvalue weighted by Gasteiger charge is 2.38. The molecule has 1 atom stereocenters. The van der Waals surface area contributed by atoms with Crippen LogP contribution in [0.25, 0.3) is 0 Å². The molecular weight excluding hydrogens is 114 g/mol. The Morgan fingerprint density at radius 1 is 1.67 bits per heavy atom. The van der Waals surface area contributed by atoms with Crippen molar-refractivity contribution in [3.63, 3.8) is 0 Å². The van der Waals surface area contributed by atoms with E-state index < -0.39 is 5.60 Å². The molecule has 0 amide bonds. The van der Waals surface area contributed by atoms with Gasteiger partial charge in [0.1, 0.15) is 0 Å². The van der Waals surface area contributed by atoms with Crippen molar-refractivity contribution in [1.82, 2.24) is 5.32 Å². The zero-order valence-corrected chi connectivity index (χ0v) is 6.15. The third-order valence-corrected chi connectivity index (χ3v) is 1.99. The van der Waals surface area contributed by atoms with Crippen molar-refractivity contribution in [2.75, 3.05) is 13.6 Å². The fraction of sp³-hybridized carbons (Fsp3) is 1.00. The van der Waals surface area contributed by atoms with Gasteiger partial charge in [0.15, 0.2) is 0 Å². The number of hydrogen-bond acceptors (Lipinski definition) is 2. The predicted molar refractivity (Wildman–Crippen MR) is 37.3 cm³/mol. The summed E-state index contributed by atoms with van der Waals surface area (Å²) < 4.78 is 0. The number of hydrogen-bond donors (Lipinski definition) is 2. The average Bonchev–Trinajstić information content (AvgIpc) is 2.41. The van der Waals surface area contributed by atoms with Gasteiger partial charge in [0.2, 0.25) is 0 Å². The Kier molecular flexibility index (Phi) is 1.78. The van der Waals surface area contributed by atoms with Crippen LogP contribution in [0.4, 0.5) is 0 Å². The molecule has 0 aromatic rings. The lowest BCUT2D eigenvalue weighted by atomic mass is 10.0. The van der Waals surface area contributed by atoms with E-state index in [-0.39, 0.29) is 0 Å². The zero-order valence-electron chi connectivity index (χ0n) is 6.15. The van der Waals surface area contributed by atoms with Gasteiger partial charge in [-0.3, -0.25) is 0 Å². The highest BCUT2D eigenvalue weighted by molar-refractivity contribution is 4.92. The van der Waals surface area contributed by atoms with Crippen molar-refractivity contribution in [2.45, 2.75) is 25.4 Å². The molecule has 9 heavy (non-hydrogen) atoms. The van der Waals surface area contributed by atoms with Crippen molar-refractivity contribution < 1.29 is 5.11 Å². The molecule has 2 N–H and O–H groups in total. The van der Waals surface area contributed by atoms with Crippen LogP contribution in [-0.2, 0) is 0 Å². The molecule has 1 rings (SSSR count). The molecule has 0 bridgehead atoms. The molecule has 0 aromatic heterocycles. The van der Waals surface area contributed by atoms with Crippen LogP contribution in [0.1, 0.15) is 19.8 Å². The second kappa shape index (κ2) is 2.27. The van der Waals surface area contributed by atoms with Crippen LogP contribution >= 0.6 is 0 Å². The number of rotatable bonds is 3. The van der Waals surface area contributed by atoms with E-state index in [2.05, 4.69) is 5.32 Å². The minimum Gasteiger partial charge on any atom is -0.389 e. The lowest BCUT2D eigenvalue weighted by molar-refractivity contribution is 0.0390. The summed E-state index contributed by atoms with van der Waals surface area (Å²) in [5.74, 6) is 0.560. The maximum Gasteiger partial charge on any atom is 0.0771 e. The lowest BCUT2D eigenvalue weighted by Gasteiger charge is -2.21. The molecule has 1 aliphatic rings. The van der Waals surface area contributed by atoms with E-state index in [0.717, 1.165) is 6.54 Å². The molecule has 1 saturated carbocycles. The quantitative estimate of drug-likeness (QED) is 0.577. The zero-order chi connectivity index (χ0) is 6.91. The molecular formula is C7H15NO. The molecule has 1 unspecified atom stereocenters. The summed E-state index contributed by atoms with van der Waals surface area (Å²) in [7, 11) is 1.87. The Morgan fingerprint density at radius 2 is 2.22 bits per heavy atom. The van der Waals surface area contributed by atoms with Gasteiger partial charge in [-0.05, 0) is 32.7 Å². The fourth-order valence-corrected chi connectivity index (χ4v) is 1.21. The van der Waals surface area contributed by atoms with Crippen LogP contribution in [0.15, 0.2) is 0 Å². The summed E-state index contributed by atoms with van der Waals surface area (Å²) >= 11 is 0. The maximum atomic E-state index is 9.59. The summed E-state index contributed by atoms with van der Waals surface area (Å²) in [6, 6.07) is 0. The summed E-state index contributed by atoms with van der Waals surface area (Å²) in [6.07, 6.45) is 2.41. The van der Waals surface area contributed by atoms with E-state index in [1.165, 1.54) is 12.8 Å². The van der Waals surface area contributed by atoms with Crippen LogP contribution in [0.3, 0.4) is 0 Å². The summed E-state index contributed by atoms with van der Waals surface area (Å²) in [5, 5.41) is 12.6. The van der Waals surface area contributed by atoms with Gasteiger partial charge in [-0.15, -0.1) is 0 Å². The van der Waals surface area contributed by atoms with Crippen molar-refractivity contribution >= 4 is 0 Å². The van der Waals surface area contributed by atoms with Crippen molar-refractivity contribution in [3.05, 3.63) is 0 Å². The van der Waals surface area contributed by atoms with Crippen LogP contribution < -0.4 is 5.32 Å². The minimum absolute atomic E-state index is 0.450. The topological polar surface area (TPSA) is 32.3 Å². The largest absolute Gasteiger partial charge is 0.389 e. The summed E-state index contributed by atoms with van der Waals surface area (Å²) in [6.45, 7) is 2.62. The summed E-state index contributed by atoms with van der Waals surface area (Å²) in [4.78, 5) is 0. The van der Waals surface area contributed by atoms with E-state index >= 15 is 0 Å². The first-order valence-corrected chi connectivity index (χ1v) is 3.54. The van der Waals surface area contributed by atoms with Gasteiger partial charge in [0, 0.05) is 6.54 Å². The number of aliphatic hydroxyl groups is 1. The van der Waals surface area contributed by atoms with Gasteiger partial charge in [-0.25, -0.2) is 0 Å². The first-order valence-electron chi connectivity index (χ1n) is 3.54. The van der Waals surface area contributed by atoms with Crippen LogP contribution in [0, 0.1) is 5.92 Å². The first kappa shape index (κ1) is 7.03. The van der Waals surface area contributed by atoms with E-state index in [1.807, 2.05) is 14.0 Å². The van der Waals surface area contributed by atoms with E-state index in [1.54, 1.807) is 0 Å². The van der Waals surface area contributed by atoms with Crippen LogP contribution in [0.2, 0.25) is 0 Å². The Hall–Kier alpha value is -0.0800. The minimum atomic E-state index is -0.450. The molecule has 0 saturated heterocycles. The molecule has 0 radical (unpaired) electrons. The second-order valence-electron chi connectivity index (χ2n) is 3.16. The van der Waals surface area contributed by atoms with Crippen LogP contribution in [-0.4, -0.2) is 24.3 Å². The predicted octanol–water partition coefficient (Wildman–Crippen LogP) is 0.367. The Labute approximate surface area is 56.3 Å². The molecule has 2 nitrogen and oxygen atoms in total. The van der Waals surface area contributed by atoms with Crippen molar-refractivity contribution in [3.8, 4) is 0 Å². The van der Waals surface area contributed by atoms with Gasteiger partial charge >= 0.3 is 0 Å². The summed E-state index contributed by atoms with van der Waals surface area (Å²) in [5.41, 5.74) is -0.450. The first-order chi connectivity index (χ1) is 4.17. The second-order valence-corrected chi connectivity index (χ2v) is 3.16. The normalized spacial score (nSPS) is 25.7. The highest BCUT2D eigenvalue weighted by Crippen LogP contribution is 2.38. The highest BCUT2D eigenvalue weighted by atomic mass is 16.3. The third kappa shape index (κ3) is 1.66. The van der Waals surface area contributed by atoms with Gasteiger partial charge in [-0.1, -0.05) is 0 Å². The number of nitrogens with one attached hydrogen (secondary N) is 1. The van der Waals surface area contributed by atoms with Gasteiger partial charge < -0.3 is 10.4 Å². The lowest BCUT2D eigenvalue weighted by Crippen LogP contribution is -2.38. The van der Waals surface area contributed by atoms with Gasteiger partial charge in [0.25, 0.3) is 0 Å². The standard InChI is InChI=1S/C7H15NO/c1-7(9,5-8-2)6-3-4-6/h6,8-9H,3-5H2,1-2H3. The van der Waals surface area contributed by atoms with E-state index in [0.29, 0.717) is 5.92 Å². The Morgan fingerprint density at radius 3 is 2.56 bits per heavy atom. The van der Waals surface area contributed by atoms with E-state index in [9.17, 15) is 5.11 Å². The fourth-order valence-electron chi connectivity index (χ4n) is 1.21. The third-order valence-electron chi connectivity index (χ3n) is 1.99. The monoisotopic (exact) mass is 129 g/mol. The molecule has 0 heterocycles. The average molecular weight is 129 g/mol. The molecule has 0 aromatic carbocycles. The maximum absolute atomic E-state index is 9.59. The Bertz CT molecular complexity index is 97.1. The molecule has 1 aliphatic carbocycles. The molecule has 0 spiro atoms. The molecule has 0 aliphatic heterocycles. The SMILES string of the molecule is CNCC(C)(O)C1CC1.